The van der Waals surface area contributed by atoms with E-state index in [1.807, 2.05) is 17.5 Å². The Kier molecular flexibility index (Phi) is 5.99. The summed E-state index contributed by atoms with van der Waals surface area (Å²) in [7, 11) is 0. The van der Waals surface area contributed by atoms with Crippen LogP contribution in [0.25, 0.3) is 22.6 Å². The van der Waals surface area contributed by atoms with Crippen LogP contribution in [0.1, 0.15) is 35.6 Å². The second-order valence-electron chi connectivity index (χ2n) is 8.29. The number of thioether (sulfide) groups is 1. The Morgan fingerprint density at radius 3 is 2.58 bits per heavy atom. The molecule has 0 atom stereocenters. The van der Waals surface area contributed by atoms with Gasteiger partial charge in [-0.25, -0.2) is 4.98 Å². The van der Waals surface area contributed by atoms with Crippen LogP contribution in [0.5, 0.6) is 0 Å². The third kappa shape index (κ3) is 4.69. The van der Waals surface area contributed by atoms with E-state index in [4.69, 9.17) is 0 Å². The van der Waals surface area contributed by atoms with Gasteiger partial charge in [0.25, 0.3) is 0 Å². The van der Waals surface area contributed by atoms with Gasteiger partial charge in [0, 0.05) is 34.9 Å². The maximum Gasteiger partial charge on any atom is 0.236 e. The number of nitrogens with one attached hydrogen (secondary N) is 1. The van der Waals surface area contributed by atoms with E-state index in [2.05, 4.69) is 63.0 Å². The number of carbonyl (C=O) groups excluding carboxylic acids is 1. The molecule has 0 bridgehead atoms. The van der Waals surface area contributed by atoms with Crippen molar-refractivity contribution in [2.24, 2.45) is 0 Å². The van der Waals surface area contributed by atoms with Crippen LogP contribution in [0.3, 0.4) is 0 Å². The van der Waals surface area contributed by atoms with Crippen molar-refractivity contribution < 1.29 is 4.79 Å². The lowest BCUT2D eigenvalue weighted by Gasteiger charge is -2.09. The Bertz CT molecular complexity index is 1290. The van der Waals surface area contributed by atoms with Crippen LogP contribution in [-0.4, -0.2) is 36.4 Å². The fourth-order valence-electron chi connectivity index (χ4n) is 4.05. The summed E-state index contributed by atoms with van der Waals surface area (Å²) >= 11 is 2.85. The Labute approximate surface area is 200 Å². The lowest BCUT2D eigenvalue weighted by molar-refractivity contribution is -0.113. The number of nitrogens with zero attached hydrogens (tertiary/aromatic N) is 5. The molecule has 0 aliphatic heterocycles. The number of thiazole rings is 1. The summed E-state index contributed by atoms with van der Waals surface area (Å²) in [6, 6.07) is 8.58. The van der Waals surface area contributed by atoms with Crippen LogP contribution in [-0.2, 0) is 4.79 Å². The molecule has 1 fully saturated rings. The van der Waals surface area contributed by atoms with Gasteiger partial charge in [-0.15, -0.1) is 21.5 Å². The van der Waals surface area contributed by atoms with Gasteiger partial charge in [-0.05, 0) is 56.9 Å². The van der Waals surface area contributed by atoms with Crippen molar-refractivity contribution in [3.05, 3.63) is 58.7 Å². The maximum absolute atomic E-state index is 12.7. The van der Waals surface area contributed by atoms with E-state index in [-0.39, 0.29) is 11.7 Å². The number of rotatable bonds is 7. The van der Waals surface area contributed by atoms with Crippen molar-refractivity contribution in [3.63, 3.8) is 0 Å². The van der Waals surface area contributed by atoms with Crippen molar-refractivity contribution in [1.82, 2.24) is 24.7 Å². The Morgan fingerprint density at radius 1 is 1.15 bits per heavy atom. The van der Waals surface area contributed by atoms with Crippen LogP contribution in [0.2, 0.25) is 0 Å². The number of hydrogen-bond donors (Lipinski definition) is 1. The highest BCUT2D eigenvalue weighted by molar-refractivity contribution is 7.99. The minimum atomic E-state index is -0.103. The smallest absolute Gasteiger partial charge is 0.236 e. The first-order chi connectivity index (χ1) is 16.0. The lowest BCUT2D eigenvalue weighted by Crippen LogP contribution is -2.14. The second-order valence-corrected chi connectivity index (χ2v) is 10.1. The molecule has 0 unspecified atom stereocenters. The van der Waals surface area contributed by atoms with E-state index >= 15 is 0 Å². The monoisotopic (exact) mass is 476 g/mol. The van der Waals surface area contributed by atoms with Crippen molar-refractivity contribution in [2.75, 3.05) is 11.1 Å². The first kappa shape index (κ1) is 21.8. The van der Waals surface area contributed by atoms with Crippen molar-refractivity contribution in [3.8, 4) is 22.6 Å². The highest BCUT2D eigenvalue weighted by Gasteiger charge is 2.30. The fraction of sp³-hybridized carbons (Fsp3) is 0.292. The molecule has 0 radical (unpaired) electrons. The standard InChI is InChI=1S/C24H24N6OS2/c1-14-10-15(2)21(16(3)11-14)19-12-32-23(26-19)27-20(31)13-33-24-29-28-22(30(24)18-4-5-18)17-6-8-25-9-7-17/h6-12,18H,4-5,13H2,1-3H3,(H,26,27,31). The number of benzene rings is 1. The number of hydrogen-bond acceptors (Lipinski definition) is 7. The van der Waals surface area contributed by atoms with Gasteiger partial charge in [-0.3, -0.25) is 14.3 Å². The Morgan fingerprint density at radius 2 is 1.88 bits per heavy atom. The average Bonchev–Trinajstić information content (AvgIpc) is 3.37. The molecule has 1 aliphatic carbocycles. The van der Waals surface area contributed by atoms with Gasteiger partial charge < -0.3 is 5.32 Å². The molecule has 0 saturated heterocycles. The van der Waals surface area contributed by atoms with Gasteiger partial charge in [-0.2, -0.15) is 0 Å². The third-order valence-electron chi connectivity index (χ3n) is 5.53. The number of pyridine rings is 1. The second kappa shape index (κ2) is 9.07. The molecule has 1 N–H and O–H groups in total. The largest absolute Gasteiger partial charge is 0.301 e. The van der Waals surface area contributed by atoms with E-state index in [1.165, 1.54) is 39.8 Å². The van der Waals surface area contributed by atoms with Gasteiger partial charge in [0.2, 0.25) is 5.91 Å². The zero-order valence-corrected chi connectivity index (χ0v) is 20.3. The summed E-state index contributed by atoms with van der Waals surface area (Å²) < 4.78 is 2.15. The molecule has 3 aromatic heterocycles. The van der Waals surface area contributed by atoms with Crippen LogP contribution < -0.4 is 5.32 Å². The molecule has 1 aromatic carbocycles. The van der Waals surface area contributed by atoms with Crippen LogP contribution >= 0.6 is 23.1 Å². The average molecular weight is 477 g/mol. The van der Waals surface area contributed by atoms with E-state index in [0.29, 0.717) is 11.2 Å². The molecular weight excluding hydrogens is 452 g/mol. The Hall–Kier alpha value is -3.04. The summed E-state index contributed by atoms with van der Waals surface area (Å²) in [5.74, 6) is 0.976. The summed E-state index contributed by atoms with van der Waals surface area (Å²) in [6.07, 6.45) is 5.72. The molecule has 5 rings (SSSR count). The molecular formula is C24H24N6OS2. The minimum absolute atomic E-state index is 0.103. The summed E-state index contributed by atoms with van der Waals surface area (Å²) in [5, 5.41) is 15.1. The van der Waals surface area contributed by atoms with Crippen molar-refractivity contribution in [1.29, 1.82) is 0 Å². The molecule has 168 valence electrons. The molecule has 1 saturated carbocycles. The van der Waals surface area contributed by atoms with Gasteiger partial charge >= 0.3 is 0 Å². The highest BCUT2D eigenvalue weighted by Crippen LogP contribution is 2.41. The van der Waals surface area contributed by atoms with Crippen molar-refractivity contribution >= 4 is 34.1 Å². The molecule has 33 heavy (non-hydrogen) atoms. The van der Waals surface area contributed by atoms with E-state index in [9.17, 15) is 4.79 Å². The number of carbonyl (C=O) groups is 1. The third-order valence-corrected chi connectivity index (χ3v) is 7.23. The zero-order valence-electron chi connectivity index (χ0n) is 18.7. The molecule has 7 nitrogen and oxygen atoms in total. The zero-order chi connectivity index (χ0) is 22.9. The predicted molar refractivity (Wildman–Crippen MR) is 133 cm³/mol. The van der Waals surface area contributed by atoms with Gasteiger partial charge in [0.05, 0.1) is 11.4 Å². The van der Waals surface area contributed by atoms with Crippen LogP contribution in [0.15, 0.2) is 47.2 Å². The highest BCUT2D eigenvalue weighted by atomic mass is 32.2. The van der Waals surface area contributed by atoms with Crippen LogP contribution in [0, 0.1) is 20.8 Å². The normalized spacial score (nSPS) is 13.3. The molecule has 9 heteroatoms. The van der Waals surface area contributed by atoms with Gasteiger partial charge in [0.1, 0.15) is 0 Å². The Balaban J connectivity index is 1.27. The topological polar surface area (TPSA) is 85.6 Å². The van der Waals surface area contributed by atoms with E-state index in [0.717, 1.165) is 40.6 Å². The van der Waals surface area contributed by atoms with E-state index in [1.54, 1.807) is 12.4 Å². The SMILES string of the molecule is Cc1cc(C)c(-c2csc(NC(=O)CSc3nnc(-c4ccncc4)n3C3CC3)n2)c(C)c1. The summed E-state index contributed by atoms with van der Waals surface area (Å²) in [4.78, 5) is 21.4. The fourth-order valence-corrected chi connectivity index (χ4v) is 5.57. The minimum Gasteiger partial charge on any atom is -0.301 e. The van der Waals surface area contributed by atoms with Crippen LogP contribution in [0.4, 0.5) is 5.13 Å². The van der Waals surface area contributed by atoms with Gasteiger partial charge in [-0.1, -0.05) is 29.5 Å². The van der Waals surface area contributed by atoms with E-state index < -0.39 is 0 Å². The molecule has 0 spiro atoms. The molecule has 4 aromatic rings. The number of anilines is 1. The quantitative estimate of drug-likeness (QED) is 0.357. The summed E-state index contributed by atoms with van der Waals surface area (Å²) in [6.45, 7) is 6.29. The predicted octanol–water partition coefficient (Wildman–Crippen LogP) is 5.45. The number of aryl methyl sites for hydroxylation is 3. The molecule has 1 aliphatic rings. The molecule has 1 amide bonds. The number of aromatic nitrogens is 5. The summed E-state index contributed by atoms with van der Waals surface area (Å²) in [5.41, 5.74) is 6.63. The number of amides is 1. The maximum atomic E-state index is 12.7. The first-order valence-electron chi connectivity index (χ1n) is 10.8. The lowest BCUT2D eigenvalue weighted by atomic mass is 9.98. The molecule has 3 heterocycles. The first-order valence-corrected chi connectivity index (χ1v) is 12.7. The van der Waals surface area contributed by atoms with Gasteiger partial charge in [0.15, 0.2) is 16.1 Å². The van der Waals surface area contributed by atoms with Crippen molar-refractivity contribution in [2.45, 2.75) is 44.8 Å².